The number of hydrogen-bond donors (Lipinski definition) is 1. The fourth-order valence-corrected chi connectivity index (χ4v) is 2.74. The predicted molar refractivity (Wildman–Crippen MR) is 86.7 cm³/mol. The number of hydrogen-bond acceptors (Lipinski definition) is 2. The van der Waals surface area contributed by atoms with Gasteiger partial charge in [0.2, 0.25) is 0 Å². The van der Waals surface area contributed by atoms with Crippen LogP contribution in [0.1, 0.15) is 63.5 Å². The lowest BCUT2D eigenvalue weighted by Crippen LogP contribution is -2.10. The predicted octanol–water partition coefficient (Wildman–Crippen LogP) is 4.99. The zero-order valence-corrected chi connectivity index (χ0v) is 12.5. The molecule has 0 amide bonds. The van der Waals surface area contributed by atoms with Gasteiger partial charge in [-0.15, -0.1) is 0 Å². The molecule has 108 valence electrons. The SMILES string of the molecule is CCCCCCCCC(N)c1ccnc2ccccc12. The molecule has 0 fully saturated rings. The van der Waals surface area contributed by atoms with E-state index in [0.717, 1.165) is 11.9 Å². The van der Waals surface area contributed by atoms with E-state index in [1.807, 2.05) is 12.3 Å². The van der Waals surface area contributed by atoms with E-state index in [4.69, 9.17) is 5.73 Å². The molecule has 0 saturated heterocycles. The highest BCUT2D eigenvalue weighted by atomic mass is 14.7. The van der Waals surface area contributed by atoms with Crippen LogP contribution < -0.4 is 5.73 Å². The van der Waals surface area contributed by atoms with Gasteiger partial charge in [-0.05, 0) is 24.1 Å². The van der Waals surface area contributed by atoms with Crippen molar-refractivity contribution in [2.75, 3.05) is 0 Å². The summed E-state index contributed by atoms with van der Waals surface area (Å²) in [5.74, 6) is 0. The smallest absolute Gasteiger partial charge is 0.0705 e. The monoisotopic (exact) mass is 270 g/mol. The zero-order chi connectivity index (χ0) is 14.2. The number of nitrogens with zero attached hydrogens (tertiary/aromatic N) is 1. The second-order valence-corrected chi connectivity index (χ2v) is 5.58. The summed E-state index contributed by atoms with van der Waals surface area (Å²) in [6.45, 7) is 2.25. The van der Waals surface area contributed by atoms with Gasteiger partial charge in [-0.1, -0.05) is 63.6 Å². The van der Waals surface area contributed by atoms with Crippen LogP contribution in [0.15, 0.2) is 36.5 Å². The van der Waals surface area contributed by atoms with Gasteiger partial charge in [0.15, 0.2) is 0 Å². The van der Waals surface area contributed by atoms with E-state index in [9.17, 15) is 0 Å². The Morgan fingerprint density at radius 3 is 2.60 bits per heavy atom. The molecule has 0 aliphatic carbocycles. The first kappa shape index (κ1) is 15.0. The largest absolute Gasteiger partial charge is 0.324 e. The van der Waals surface area contributed by atoms with Crippen LogP contribution in [0, 0.1) is 0 Å². The summed E-state index contributed by atoms with van der Waals surface area (Å²) in [5, 5.41) is 1.20. The molecular formula is C18H26N2. The third kappa shape index (κ3) is 4.04. The summed E-state index contributed by atoms with van der Waals surface area (Å²) in [6.07, 6.45) is 10.8. The molecule has 2 nitrogen and oxygen atoms in total. The Kier molecular flexibility index (Phi) is 6.00. The quantitative estimate of drug-likeness (QED) is 0.687. The third-order valence-electron chi connectivity index (χ3n) is 3.95. The number of nitrogens with two attached hydrogens (primary N) is 1. The molecule has 1 atom stereocenters. The number of aromatic nitrogens is 1. The maximum atomic E-state index is 6.37. The molecular weight excluding hydrogens is 244 g/mol. The number of rotatable bonds is 8. The van der Waals surface area contributed by atoms with Crippen LogP contribution in [0.3, 0.4) is 0 Å². The highest BCUT2D eigenvalue weighted by Gasteiger charge is 2.09. The Morgan fingerprint density at radius 1 is 1.00 bits per heavy atom. The molecule has 2 N–H and O–H groups in total. The second-order valence-electron chi connectivity index (χ2n) is 5.58. The Bertz CT molecular complexity index is 516. The van der Waals surface area contributed by atoms with Crippen molar-refractivity contribution in [3.63, 3.8) is 0 Å². The lowest BCUT2D eigenvalue weighted by molar-refractivity contribution is 0.548. The Morgan fingerprint density at radius 2 is 1.75 bits per heavy atom. The second kappa shape index (κ2) is 8.01. The van der Waals surface area contributed by atoms with Crippen LogP contribution in [0.4, 0.5) is 0 Å². The van der Waals surface area contributed by atoms with E-state index < -0.39 is 0 Å². The van der Waals surface area contributed by atoms with Gasteiger partial charge in [0.25, 0.3) is 0 Å². The zero-order valence-electron chi connectivity index (χ0n) is 12.5. The van der Waals surface area contributed by atoms with Crippen LogP contribution in [0.2, 0.25) is 0 Å². The van der Waals surface area contributed by atoms with Crippen molar-refractivity contribution in [1.82, 2.24) is 4.98 Å². The van der Waals surface area contributed by atoms with Crippen molar-refractivity contribution in [3.8, 4) is 0 Å². The topological polar surface area (TPSA) is 38.9 Å². The number of para-hydroxylation sites is 1. The van der Waals surface area contributed by atoms with Crippen molar-refractivity contribution < 1.29 is 0 Å². The molecule has 0 aliphatic heterocycles. The maximum Gasteiger partial charge on any atom is 0.0705 e. The van der Waals surface area contributed by atoms with E-state index in [1.165, 1.54) is 49.5 Å². The summed E-state index contributed by atoms with van der Waals surface area (Å²) in [7, 11) is 0. The molecule has 0 saturated carbocycles. The molecule has 1 aromatic heterocycles. The van der Waals surface area contributed by atoms with Gasteiger partial charge >= 0.3 is 0 Å². The first-order chi connectivity index (χ1) is 9.83. The van der Waals surface area contributed by atoms with Crippen LogP contribution in [0.5, 0.6) is 0 Å². The fourth-order valence-electron chi connectivity index (χ4n) is 2.74. The minimum Gasteiger partial charge on any atom is -0.324 e. The van der Waals surface area contributed by atoms with Crippen molar-refractivity contribution >= 4 is 10.9 Å². The van der Waals surface area contributed by atoms with E-state index in [1.54, 1.807) is 0 Å². The number of unbranched alkanes of at least 4 members (excludes halogenated alkanes) is 5. The van der Waals surface area contributed by atoms with E-state index >= 15 is 0 Å². The lowest BCUT2D eigenvalue weighted by Gasteiger charge is -2.14. The highest BCUT2D eigenvalue weighted by molar-refractivity contribution is 5.82. The molecule has 0 spiro atoms. The van der Waals surface area contributed by atoms with E-state index in [-0.39, 0.29) is 6.04 Å². The minimum absolute atomic E-state index is 0.133. The molecule has 1 unspecified atom stereocenters. The van der Waals surface area contributed by atoms with Gasteiger partial charge in [0.1, 0.15) is 0 Å². The summed E-state index contributed by atoms with van der Waals surface area (Å²) in [6, 6.07) is 10.5. The molecule has 1 heterocycles. The molecule has 0 bridgehead atoms. The van der Waals surface area contributed by atoms with Gasteiger partial charge in [-0.2, -0.15) is 0 Å². The molecule has 0 radical (unpaired) electrons. The van der Waals surface area contributed by atoms with Gasteiger partial charge < -0.3 is 5.73 Å². The summed E-state index contributed by atoms with van der Waals surface area (Å²) >= 11 is 0. The molecule has 20 heavy (non-hydrogen) atoms. The van der Waals surface area contributed by atoms with Crippen LogP contribution in [-0.4, -0.2) is 4.98 Å². The summed E-state index contributed by atoms with van der Waals surface area (Å²) in [5.41, 5.74) is 8.66. The number of pyridine rings is 1. The molecule has 2 rings (SSSR count). The third-order valence-corrected chi connectivity index (χ3v) is 3.95. The normalized spacial score (nSPS) is 12.7. The Labute approximate surface area is 122 Å². The average molecular weight is 270 g/mol. The first-order valence-corrected chi connectivity index (χ1v) is 7.92. The lowest BCUT2D eigenvalue weighted by atomic mass is 9.97. The highest BCUT2D eigenvalue weighted by Crippen LogP contribution is 2.24. The van der Waals surface area contributed by atoms with Gasteiger partial charge in [0.05, 0.1) is 5.52 Å². The van der Waals surface area contributed by atoms with Crippen LogP contribution in [0.25, 0.3) is 10.9 Å². The van der Waals surface area contributed by atoms with E-state index in [0.29, 0.717) is 0 Å². The Hall–Kier alpha value is -1.41. The molecule has 0 aliphatic rings. The number of fused-ring (bicyclic) bond motifs is 1. The average Bonchev–Trinajstić information content (AvgIpc) is 2.50. The summed E-state index contributed by atoms with van der Waals surface area (Å²) < 4.78 is 0. The minimum atomic E-state index is 0.133. The summed E-state index contributed by atoms with van der Waals surface area (Å²) in [4.78, 5) is 4.40. The van der Waals surface area contributed by atoms with Crippen LogP contribution >= 0.6 is 0 Å². The van der Waals surface area contributed by atoms with Crippen molar-refractivity contribution in [2.24, 2.45) is 5.73 Å². The standard InChI is InChI=1S/C18H26N2/c1-2-3-4-5-6-7-11-17(19)15-13-14-20-18-12-9-8-10-16(15)18/h8-10,12-14,17H,2-7,11,19H2,1H3. The van der Waals surface area contributed by atoms with Gasteiger partial charge in [0, 0.05) is 17.6 Å². The van der Waals surface area contributed by atoms with Gasteiger partial charge in [-0.3, -0.25) is 4.98 Å². The first-order valence-electron chi connectivity index (χ1n) is 7.92. The van der Waals surface area contributed by atoms with Crippen molar-refractivity contribution in [2.45, 2.75) is 57.9 Å². The molecule has 1 aromatic carbocycles. The van der Waals surface area contributed by atoms with Crippen LogP contribution in [-0.2, 0) is 0 Å². The van der Waals surface area contributed by atoms with Crippen molar-refractivity contribution in [3.05, 3.63) is 42.1 Å². The maximum absolute atomic E-state index is 6.37. The molecule has 2 heteroatoms. The number of benzene rings is 1. The molecule has 2 aromatic rings. The van der Waals surface area contributed by atoms with Gasteiger partial charge in [-0.25, -0.2) is 0 Å². The Balaban J connectivity index is 1.89. The van der Waals surface area contributed by atoms with E-state index in [2.05, 4.69) is 36.2 Å². The fraction of sp³-hybridized carbons (Fsp3) is 0.500. The van der Waals surface area contributed by atoms with Crippen molar-refractivity contribution in [1.29, 1.82) is 0 Å².